The highest BCUT2D eigenvalue weighted by Gasteiger charge is 2.81. The number of alkyl halides is 6. The summed E-state index contributed by atoms with van der Waals surface area (Å²) >= 11 is 0. The van der Waals surface area contributed by atoms with Crippen molar-refractivity contribution in [3.8, 4) is 5.75 Å². The summed E-state index contributed by atoms with van der Waals surface area (Å²) in [7, 11) is -15.1. The van der Waals surface area contributed by atoms with Gasteiger partial charge in [-0.1, -0.05) is 62.8 Å². The molecule has 3 aromatic carbocycles. The molecule has 0 aromatic heterocycles. The molecule has 0 unspecified atom stereocenters. The van der Waals surface area contributed by atoms with Gasteiger partial charge < -0.3 is 8.74 Å². The molecule has 0 N–H and O–H groups in total. The minimum atomic E-state index is -7.40. The molecule has 0 heterocycles. The van der Waals surface area contributed by atoms with Crippen LogP contribution >= 0.6 is 0 Å². The van der Waals surface area contributed by atoms with E-state index in [4.69, 9.17) is 0 Å². The zero-order valence-corrected chi connectivity index (χ0v) is 28.0. The van der Waals surface area contributed by atoms with Gasteiger partial charge in [0.15, 0.2) is 24.8 Å². The maximum Gasteiger partial charge on any atom is 0.450 e. The highest BCUT2D eigenvalue weighted by atomic mass is 32.2. The normalized spacial score (nSPS) is 17.8. The zero-order valence-electron chi connectivity index (χ0n) is 25.6. The van der Waals surface area contributed by atoms with Crippen molar-refractivity contribution in [2.75, 3.05) is 0 Å². The van der Waals surface area contributed by atoms with Gasteiger partial charge in [-0.05, 0) is 97.2 Å². The van der Waals surface area contributed by atoms with E-state index in [1.807, 2.05) is 24.3 Å². The smallest absolute Gasteiger partial charge is 0.450 e. The van der Waals surface area contributed by atoms with Crippen LogP contribution in [-0.4, -0.2) is 37.8 Å². The van der Waals surface area contributed by atoms with E-state index in [-0.39, 0.29) is 0 Å². The van der Waals surface area contributed by atoms with Gasteiger partial charge in [0.2, 0.25) is 0 Å². The van der Waals surface area contributed by atoms with Crippen LogP contribution in [0.4, 0.5) is 26.3 Å². The molecule has 0 atom stereocenters. The first-order chi connectivity index (χ1) is 22.5. The molecule has 0 radical (unpaired) electrons. The van der Waals surface area contributed by atoms with Gasteiger partial charge in [-0.25, -0.2) is 8.42 Å². The first-order valence-corrected chi connectivity index (χ1v) is 19.6. The van der Waals surface area contributed by atoms with E-state index in [0.717, 1.165) is 73.3 Å². The van der Waals surface area contributed by atoms with Crippen LogP contribution in [0.25, 0.3) is 0 Å². The highest BCUT2D eigenvalue weighted by Crippen LogP contribution is 2.51. The Morgan fingerprint density at radius 1 is 0.562 bits per heavy atom. The fourth-order valence-electron chi connectivity index (χ4n) is 6.33. The first kappa shape index (κ1) is 36.5. The van der Waals surface area contributed by atoms with Crippen LogP contribution in [0.5, 0.6) is 5.75 Å². The van der Waals surface area contributed by atoms with Crippen molar-refractivity contribution in [2.24, 2.45) is 0 Å². The second-order valence-corrected chi connectivity index (χ2v) is 17.2. The standard InChI is InChI=1S/C33H34F6O6S3/c34-31(35,32(36,37)47(40,41)42)33(38,39)48(43,44)45-27-15-21-30(22-16-27)46(28-17-11-25(12-18-28)23-7-3-1-4-8-23)29-19-13-26(14-20-29)24-9-5-2-6-10-24/h11-24H,1-10H2. The van der Waals surface area contributed by atoms with Gasteiger partial charge in [0.05, 0.1) is 10.9 Å². The lowest BCUT2D eigenvalue weighted by atomic mass is 9.84. The molecule has 2 aliphatic carbocycles. The fraction of sp³-hybridized carbons (Fsp3) is 0.455. The second-order valence-electron chi connectivity index (χ2n) is 12.2. The summed E-state index contributed by atoms with van der Waals surface area (Å²) in [6, 6.07) is 20.8. The molecule has 5 rings (SSSR count). The summed E-state index contributed by atoms with van der Waals surface area (Å²) in [6.45, 7) is 0. The quantitative estimate of drug-likeness (QED) is 0.0844. The molecule has 6 nitrogen and oxygen atoms in total. The van der Waals surface area contributed by atoms with Crippen molar-refractivity contribution >= 4 is 31.1 Å². The molecule has 2 saturated carbocycles. The molecule has 0 aliphatic heterocycles. The molecule has 0 saturated heterocycles. The van der Waals surface area contributed by atoms with Gasteiger partial charge in [-0.2, -0.15) is 34.8 Å². The summed E-state index contributed by atoms with van der Waals surface area (Å²) in [5.74, 6) is -7.16. The van der Waals surface area contributed by atoms with E-state index in [1.165, 1.54) is 36.1 Å². The third-order valence-corrected chi connectivity index (χ3v) is 13.4. The molecule has 2 fully saturated rings. The Balaban J connectivity index is 1.45. The van der Waals surface area contributed by atoms with Crippen LogP contribution in [0.1, 0.15) is 87.2 Å². The Morgan fingerprint density at radius 3 is 1.27 bits per heavy atom. The van der Waals surface area contributed by atoms with Crippen LogP contribution in [0, 0.1) is 0 Å². The van der Waals surface area contributed by atoms with Crippen molar-refractivity contribution in [2.45, 2.75) is 107 Å². The van der Waals surface area contributed by atoms with Gasteiger partial charge in [-0.15, -0.1) is 0 Å². The Bertz CT molecular complexity index is 1710. The molecule has 0 spiro atoms. The van der Waals surface area contributed by atoms with Gasteiger partial charge in [0.1, 0.15) is 5.75 Å². The molecule has 2 aliphatic rings. The third-order valence-electron chi connectivity index (χ3n) is 9.01. The molecule has 0 amide bonds. The van der Waals surface area contributed by atoms with Crippen molar-refractivity contribution in [1.82, 2.24) is 0 Å². The predicted molar refractivity (Wildman–Crippen MR) is 167 cm³/mol. The van der Waals surface area contributed by atoms with Gasteiger partial charge in [0.25, 0.3) is 0 Å². The Morgan fingerprint density at radius 2 is 0.917 bits per heavy atom. The van der Waals surface area contributed by atoms with Crippen LogP contribution in [0.15, 0.2) is 87.5 Å². The lowest BCUT2D eigenvalue weighted by Crippen LogP contribution is -2.61. The maximum absolute atomic E-state index is 14.3. The summed E-state index contributed by atoms with van der Waals surface area (Å²) < 4.78 is 144. The number of benzene rings is 3. The summed E-state index contributed by atoms with van der Waals surface area (Å²) in [6.07, 6.45) is 11.5. The largest absolute Gasteiger partial charge is 0.743 e. The third kappa shape index (κ3) is 7.10. The number of hydrogen-bond acceptors (Lipinski definition) is 6. The molecule has 15 heteroatoms. The molecular formula is C33H34F6O6S3. The number of rotatable bonds is 11. The highest BCUT2D eigenvalue weighted by molar-refractivity contribution is 7.97. The number of halogens is 6. The fourth-order valence-corrected chi connectivity index (χ4v) is 9.79. The van der Waals surface area contributed by atoms with Crippen LogP contribution in [-0.2, 0) is 31.1 Å². The maximum atomic E-state index is 14.3. The lowest BCUT2D eigenvalue weighted by molar-refractivity contribution is -0.247. The van der Waals surface area contributed by atoms with Crippen LogP contribution in [0.3, 0.4) is 0 Å². The molecule has 48 heavy (non-hydrogen) atoms. The van der Waals surface area contributed by atoms with E-state index in [2.05, 4.69) is 28.4 Å². The minimum Gasteiger partial charge on any atom is -0.743 e. The van der Waals surface area contributed by atoms with Crippen molar-refractivity contribution in [1.29, 1.82) is 0 Å². The Kier molecular flexibility index (Phi) is 10.6. The summed E-state index contributed by atoms with van der Waals surface area (Å²) in [5, 5.41) is -13.8. The topological polar surface area (TPSA) is 101 Å². The van der Waals surface area contributed by atoms with Crippen molar-refractivity contribution in [3.63, 3.8) is 0 Å². The van der Waals surface area contributed by atoms with Crippen LogP contribution in [0.2, 0.25) is 0 Å². The second kappa shape index (κ2) is 13.9. The average Bonchev–Trinajstić information content (AvgIpc) is 3.06. The SMILES string of the molecule is O=S(=O)([O-])C(F)(F)C(F)(F)C(F)(F)S(=O)(=O)Oc1ccc([S+](c2ccc(C3CCCCC3)cc2)c2ccc(C3CCCCC3)cc2)cc1. The lowest BCUT2D eigenvalue weighted by Gasteiger charge is -2.32. The molecular weight excluding hydrogens is 703 g/mol. The Labute approximate surface area is 279 Å². The van der Waals surface area contributed by atoms with Gasteiger partial charge in [-0.3, -0.25) is 0 Å². The van der Waals surface area contributed by atoms with E-state index in [9.17, 15) is 47.7 Å². The van der Waals surface area contributed by atoms with E-state index >= 15 is 0 Å². The molecule has 262 valence electrons. The van der Waals surface area contributed by atoms with Gasteiger partial charge >= 0.3 is 26.5 Å². The minimum absolute atomic E-state index is 0.460. The van der Waals surface area contributed by atoms with Crippen molar-refractivity contribution in [3.05, 3.63) is 83.9 Å². The van der Waals surface area contributed by atoms with Crippen molar-refractivity contribution < 1.29 is 51.9 Å². The van der Waals surface area contributed by atoms with Crippen LogP contribution < -0.4 is 4.18 Å². The van der Waals surface area contributed by atoms with E-state index in [1.54, 1.807) is 0 Å². The van der Waals surface area contributed by atoms with E-state index in [0.29, 0.717) is 16.7 Å². The average molecular weight is 737 g/mol. The molecule has 3 aromatic rings. The Hall–Kier alpha value is -2.75. The molecule has 0 bridgehead atoms. The van der Waals surface area contributed by atoms with E-state index < -0.39 is 53.3 Å². The predicted octanol–water partition coefficient (Wildman–Crippen LogP) is 8.95. The zero-order chi connectivity index (χ0) is 35.0. The monoisotopic (exact) mass is 736 g/mol. The van der Waals surface area contributed by atoms with Gasteiger partial charge in [0, 0.05) is 0 Å². The number of hydrogen-bond donors (Lipinski definition) is 0. The summed E-state index contributed by atoms with van der Waals surface area (Å²) in [5.41, 5.74) is 2.44. The summed E-state index contributed by atoms with van der Waals surface area (Å²) in [4.78, 5) is 2.37. The first-order valence-electron chi connectivity index (χ1n) is 15.5.